The van der Waals surface area contributed by atoms with Crippen LogP contribution in [-0.2, 0) is 22.7 Å². The fraction of sp³-hybridized carbons (Fsp3) is 0.562. The van der Waals surface area contributed by atoms with E-state index in [1.54, 1.807) is 13.8 Å². The number of rotatable bonds is 4. The molecule has 20 heavy (non-hydrogen) atoms. The molecule has 1 aliphatic rings. The fourth-order valence-corrected chi connectivity index (χ4v) is 3.89. The van der Waals surface area contributed by atoms with Crippen LogP contribution in [0, 0.1) is 16.7 Å². The van der Waals surface area contributed by atoms with Gasteiger partial charge in [-0.1, -0.05) is 24.3 Å². The van der Waals surface area contributed by atoms with Crippen molar-refractivity contribution in [3.8, 4) is 6.07 Å². The summed E-state index contributed by atoms with van der Waals surface area (Å²) in [5, 5.41) is 9.19. The van der Waals surface area contributed by atoms with Crippen molar-refractivity contribution in [1.29, 1.82) is 5.26 Å². The maximum absolute atomic E-state index is 12.0. The Balaban J connectivity index is 2.16. The van der Waals surface area contributed by atoms with Crippen LogP contribution in [0.15, 0.2) is 24.3 Å². The highest BCUT2D eigenvalue weighted by Crippen LogP contribution is 2.38. The molecule has 0 amide bonds. The number of hydrogen-bond acceptors (Lipinski definition) is 3. The Kier molecular flexibility index (Phi) is 4.19. The van der Waals surface area contributed by atoms with Gasteiger partial charge < -0.3 is 0 Å². The SMILES string of the molecule is CC(C)S(=O)(=O)CCC1(C#N)CCc2ccccc2C1. The van der Waals surface area contributed by atoms with Crippen LogP contribution in [0.3, 0.4) is 0 Å². The summed E-state index contributed by atoms with van der Waals surface area (Å²) >= 11 is 0. The third kappa shape index (κ3) is 3.04. The van der Waals surface area contributed by atoms with Gasteiger partial charge in [-0.05, 0) is 50.7 Å². The smallest absolute Gasteiger partial charge is 0.152 e. The van der Waals surface area contributed by atoms with Crippen LogP contribution >= 0.6 is 0 Å². The molecule has 0 aliphatic heterocycles. The van der Waals surface area contributed by atoms with Gasteiger partial charge in [0.25, 0.3) is 0 Å². The topological polar surface area (TPSA) is 57.9 Å². The van der Waals surface area contributed by atoms with Crippen molar-refractivity contribution in [2.24, 2.45) is 5.41 Å². The van der Waals surface area contributed by atoms with Crippen LogP contribution in [0.2, 0.25) is 0 Å². The average molecular weight is 291 g/mol. The third-order valence-electron chi connectivity index (χ3n) is 4.34. The molecule has 3 nitrogen and oxygen atoms in total. The number of hydrogen-bond donors (Lipinski definition) is 0. The monoisotopic (exact) mass is 291 g/mol. The second kappa shape index (κ2) is 5.57. The number of nitriles is 1. The molecule has 0 saturated carbocycles. The average Bonchev–Trinajstić information content (AvgIpc) is 2.45. The van der Waals surface area contributed by atoms with Gasteiger partial charge in [0, 0.05) is 0 Å². The predicted octanol–water partition coefficient (Wildman–Crippen LogP) is 2.90. The van der Waals surface area contributed by atoms with Crippen molar-refractivity contribution in [1.82, 2.24) is 0 Å². The zero-order valence-electron chi connectivity index (χ0n) is 12.1. The second-order valence-corrected chi connectivity index (χ2v) is 8.68. The molecular formula is C16H21NO2S. The lowest BCUT2D eigenvalue weighted by molar-refractivity contribution is 0.330. The van der Waals surface area contributed by atoms with Crippen molar-refractivity contribution >= 4 is 9.84 Å². The Morgan fingerprint density at radius 3 is 2.55 bits per heavy atom. The summed E-state index contributed by atoms with van der Waals surface area (Å²) in [5.74, 6) is 0.112. The lowest BCUT2D eigenvalue weighted by Crippen LogP contribution is -2.31. The Morgan fingerprint density at radius 2 is 1.95 bits per heavy atom. The van der Waals surface area contributed by atoms with Crippen molar-refractivity contribution in [3.05, 3.63) is 35.4 Å². The van der Waals surface area contributed by atoms with E-state index in [-0.39, 0.29) is 11.0 Å². The molecular weight excluding hydrogens is 270 g/mol. The molecule has 0 heterocycles. The molecule has 1 aromatic rings. The van der Waals surface area contributed by atoms with E-state index >= 15 is 0 Å². The van der Waals surface area contributed by atoms with E-state index in [0.717, 1.165) is 12.8 Å². The van der Waals surface area contributed by atoms with Gasteiger partial charge in [-0.2, -0.15) is 5.26 Å². The van der Waals surface area contributed by atoms with Crippen LogP contribution in [0.4, 0.5) is 0 Å². The molecule has 1 unspecified atom stereocenters. The van der Waals surface area contributed by atoms with Crippen LogP contribution in [-0.4, -0.2) is 19.4 Å². The van der Waals surface area contributed by atoms with E-state index in [2.05, 4.69) is 18.2 Å². The Labute approximate surface area is 121 Å². The minimum Gasteiger partial charge on any atom is -0.229 e. The number of fused-ring (bicyclic) bond motifs is 1. The van der Waals surface area contributed by atoms with Crippen molar-refractivity contribution in [2.45, 2.75) is 44.8 Å². The van der Waals surface area contributed by atoms with Crippen molar-refractivity contribution < 1.29 is 8.42 Å². The van der Waals surface area contributed by atoms with Crippen molar-refractivity contribution in [3.63, 3.8) is 0 Å². The molecule has 0 aromatic heterocycles. The van der Waals surface area contributed by atoms with Crippen LogP contribution in [0.5, 0.6) is 0 Å². The normalized spacial score (nSPS) is 22.3. The number of nitrogens with zero attached hydrogens (tertiary/aromatic N) is 1. The molecule has 0 spiro atoms. The van der Waals surface area contributed by atoms with Crippen LogP contribution in [0.1, 0.15) is 37.8 Å². The highest BCUT2D eigenvalue weighted by atomic mass is 32.2. The van der Waals surface area contributed by atoms with E-state index in [0.29, 0.717) is 12.8 Å². The van der Waals surface area contributed by atoms with Gasteiger partial charge >= 0.3 is 0 Å². The molecule has 4 heteroatoms. The van der Waals surface area contributed by atoms with Crippen LogP contribution < -0.4 is 0 Å². The molecule has 0 bridgehead atoms. The van der Waals surface area contributed by atoms with E-state index < -0.39 is 15.3 Å². The first-order valence-corrected chi connectivity index (χ1v) is 8.80. The summed E-state index contributed by atoms with van der Waals surface area (Å²) < 4.78 is 23.9. The maximum Gasteiger partial charge on any atom is 0.152 e. The number of aryl methyl sites for hydroxylation is 1. The molecule has 2 rings (SSSR count). The summed E-state index contributed by atoms with van der Waals surface area (Å²) in [5.41, 5.74) is 1.98. The third-order valence-corrected chi connectivity index (χ3v) is 6.55. The molecule has 1 aliphatic carbocycles. The quantitative estimate of drug-likeness (QED) is 0.857. The zero-order valence-corrected chi connectivity index (χ0v) is 12.9. The van der Waals surface area contributed by atoms with Gasteiger partial charge in [0.2, 0.25) is 0 Å². The molecule has 1 atom stereocenters. The summed E-state index contributed by atoms with van der Waals surface area (Å²) in [6.45, 7) is 3.40. The summed E-state index contributed by atoms with van der Waals surface area (Å²) in [4.78, 5) is 0. The molecule has 0 radical (unpaired) electrons. The minimum atomic E-state index is -3.07. The van der Waals surface area contributed by atoms with Gasteiger partial charge in [-0.3, -0.25) is 0 Å². The summed E-state index contributed by atoms with van der Waals surface area (Å²) in [6.07, 6.45) is 2.74. The highest BCUT2D eigenvalue weighted by molar-refractivity contribution is 7.91. The summed E-state index contributed by atoms with van der Waals surface area (Å²) in [6, 6.07) is 10.6. The Bertz CT molecular complexity index is 628. The van der Waals surface area contributed by atoms with Gasteiger partial charge in [0.1, 0.15) is 0 Å². The van der Waals surface area contributed by atoms with Crippen molar-refractivity contribution in [2.75, 3.05) is 5.75 Å². The van der Waals surface area contributed by atoms with E-state index in [9.17, 15) is 13.7 Å². The predicted molar refractivity (Wildman–Crippen MR) is 80.1 cm³/mol. The number of sulfone groups is 1. The first kappa shape index (κ1) is 15.1. The van der Waals surface area contributed by atoms with Gasteiger partial charge in [0.15, 0.2) is 9.84 Å². The molecule has 108 valence electrons. The van der Waals surface area contributed by atoms with Gasteiger partial charge in [-0.25, -0.2) is 8.42 Å². The molecule has 0 N–H and O–H groups in total. The molecule has 1 aromatic carbocycles. The number of benzene rings is 1. The largest absolute Gasteiger partial charge is 0.229 e. The lowest BCUT2D eigenvalue weighted by Gasteiger charge is -2.32. The minimum absolute atomic E-state index is 0.112. The standard InChI is InChI=1S/C16H21NO2S/c1-13(2)20(18,19)10-9-16(12-17)8-7-14-5-3-4-6-15(14)11-16/h3-6,13H,7-11H2,1-2H3. The molecule has 0 saturated heterocycles. The molecule has 0 fully saturated rings. The Hall–Kier alpha value is -1.34. The van der Waals surface area contributed by atoms with E-state index in [1.807, 2.05) is 12.1 Å². The lowest BCUT2D eigenvalue weighted by atomic mass is 9.71. The first-order chi connectivity index (χ1) is 9.38. The fourth-order valence-electron chi connectivity index (χ4n) is 2.74. The maximum atomic E-state index is 12.0. The van der Waals surface area contributed by atoms with Gasteiger partial charge in [-0.15, -0.1) is 0 Å². The summed E-state index contributed by atoms with van der Waals surface area (Å²) in [7, 11) is -3.07. The highest BCUT2D eigenvalue weighted by Gasteiger charge is 2.36. The Morgan fingerprint density at radius 1 is 1.30 bits per heavy atom. The van der Waals surface area contributed by atoms with E-state index in [1.165, 1.54) is 11.1 Å². The first-order valence-electron chi connectivity index (χ1n) is 7.08. The van der Waals surface area contributed by atoms with E-state index in [4.69, 9.17) is 0 Å². The zero-order chi connectivity index (χ0) is 14.8. The van der Waals surface area contributed by atoms with Crippen LogP contribution in [0.25, 0.3) is 0 Å². The second-order valence-electron chi connectivity index (χ2n) is 6.00. The van der Waals surface area contributed by atoms with Gasteiger partial charge in [0.05, 0.1) is 22.5 Å².